The number of ether oxygens (including phenoxy) is 1. The summed E-state index contributed by atoms with van der Waals surface area (Å²) in [6.07, 6.45) is 4.44. The van der Waals surface area contributed by atoms with Crippen molar-refractivity contribution in [3.8, 4) is 0 Å². The van der Waals surface area contributed by atoms with Crippen LogP contribution in [0.2, 0.25) is 0 Å². The first-order valence-corrected chi connectivity index (χ1v) is 6.21. The summed E-state index contributed by atoms with van der Waals surface area (Å²) >= 11 is 0. The first-order chi connectivity index (χ1) is 8.85. The van der Waals surface area contributed by atoms with Gasteiger partial charge in [-0.2, -0.15) is 4.89 Å². The molecule has 1 fully saturated rings. The summed E-state index contributed by atoms with van der Waals surface area (Å²) in [6.45, 7) is 3.19. The SMILES string of the molecule is COC(C)(C)OOC(=O)C1C2C=CC(C2)C1C(=O)O. The van der Waals surface area contributed by atoms with Gasteiger partial charge < -0.3 is 9.84 Å². The van der Waals surface area contributed by atoms with Crippen LogP contribution in [0.4, 0.5) is 0 Å². The second-order valence-electron chi connectivity index (χ2n) is 5.43. The summed E-state index contributed by atoms with van der Waals surface area (Å²) in [7, 11) is 1.42. The third kappa shape index (κ3) is 2.64. The summed E-state index contributed by atoms with van der Waals surface area (Å²) in [5.41, 5.74) is 0. The van der Waals surface area contributed by atoms with Gasteiger partial charge in [-0.3, -0.25) is 9.68 Å². The van der Waals surface area contributed by atoms with Gasteiger partial charge in [0.25, 0.3) is 0 Å². The molecule has 4 atom stereocenters. The third-order valence-corrected chi connectivity index (χ3v) is 3.83. The number of aliphatic carboxylic acids is 1. The van der Waals surface area contributed by atoms with Crippen molar-refractivity contribution in [3.63, 3.8) is 0 Å². The van der Waals surface area contributed by atoms with E-state index in [1.165, 1.54) is 7.11 Å². The monoisotopic (exact) mass is 270 g/mol. The molecule has 0 spiro atoms. The number of carbonyl (C=O) groups excluding carboxylic acids is 1. The van der Waals surface area contributed by atoms with Gasteiger partial charge >= 0.3 is 11.9 Å². The van der Waals surface area contributed by atoms with Gasteiger partial charge in [0.05, 0.1) is 11.8 Å². The van der Waals surface area contributed by atoms with Crippen molar-refractivity contribution < 1.29 is 29.2 Å². The standard InChI is InChI=1S/C13H18O6/c1-13(2,17-3)19-18-12(16)10-8-5-4-7(6-8)9(10)11(14)15/h4-5,7-10H,6H2,1-3H3,(H,14,15). The Hall–Kier alpha value is -1.40. The second-order valence-corrected chi connectivity index (χ2v) is 5.43. The number of carboxylic acids is 1. The molecule has 106 valence electrons. The van der Waals surface area contributed by atoms with Crippen LogP contribution in [0.25, 0.3) is 0 Å². The van der Waals surface area contributed by atoms with E-state index in [1.54, 1.807) is 13.8 Å². The van der Waals surface area contributed by atoms with Crippen LogP contribution in [-0.2, 0) is 24.1 Å². The number of carbonyl (C=O) groups is 2. The third-order valence-electron chi connectivity index (χ3n) is 3.83. The zero-order valence-corrected chi connectivity index (χ0v) is 11.2. The number of methoxy groups -OCH3 is 1. The highest BCUT2D eigenvalue weighted by Gasteiger charge is 2.53. The molecule has 4 unspecified atom stereocenters. The van der Waals surface area contributed by atoms with Crippen molar-refractivity contribution in [3.05, 3.63) is 12.2 Å². The Morgan fingerprint density at radius 2 is 1.79 bits per heavy atom. The lowest BCUT2D eigenvalue weighted by atomic mass is 9.83. The lowest BCUT2D eigenvalue weighted by Crippen LogP contribution is -2.36. The minimum Gasteiger partial charge on any atom is -0.481 e. The van der Waals surface area contributed by atoms with Gasteiger partial charge in [-0.25, -0.2) is 4.79 Å². The zero-order chi connectivity index (χ0) is 14.2. The van der Waals surface area contributed by atoms with Crippen LogP contribution >= 0.6 is 0 Å². The normalized spacial score (nSPS) is 32.6. The van der Waals surface area contributed by atoms with Crippen LogP contribution in [0.3, 0.4) is 0 Å². The number of hydrogen-bond donors (Lipinski definition) is 1. The number of rotatable bonds is 5. The maximum Gasteiger partial charge on any atom is 0.347 e. The van der Waals surface area contributed by atoms with Crippen LogP contribution in [0.5, 0.6) is 0 Å². The van der Waals surface area contributed by atoms with Crippen LogP contribution in [0.15, 0.2) is 12.2 Å². The molecule has 2 bridgehead atoms. The molecule has 0 aliphatic heterocycles. The average Bonchev–Trinajstić information content (AvgIpc) is 2.95. The largest absolute Gasteiger partial charge is 0.481 e. The molecule has 2 rings (SSSR count). The molecule has 0 heterocycles. The van der Waals surface area contributed by atoms with Crippen LogP contribution in [0.1, 0.15) is 20.3 Å². The first kappa shape index (κ1) is 14.0. The molecule has 19 heavy (non-hydrogen) atoms. The summed E-state index contributed by atoms with van der Waals surface area (Å²) in [6, 6.07) is 0. The fourth-order valence-electron chi connectivity index (χ4n) is 2.71. The van der Waals surface area contributed by atoms with Crippen molar-refractivity contribution in [1.29, 1.82) is 0 Å². The highest BCUT2D eigenvalue weighted by atomic mass is 17.2. The van der Waals surface area contributed by atoms with Gasteiger partial charge in [0.2, 0.25) is 5.79 Å². The predicted molar refractivity (Wildman–Crippen MR) is 63.6 cm³/mol. The van der Waals surface area contributed by atoms with E-state index in [9.17, 15) is 14.7 Å². The van der Waals surface area contributed by atoms with Gasteiger partial charge in [0, 0.05) is 7.11 Å². The van der Waals surface area contributed by atoms with Gasteiger partial charge in [0.1, 0.15) is 0 Å². The second kappa shape index (κ2) is 4.94. The van der Waals surface area contributed by atoms with E-state index in [-0.39, 0.29) is 11.8 Å². The maximum absolute atomic E-state index is 12.0. The molecule has 2 aliphatic carbocycles. The molecule has 1 N–H and O–H groups in total. The van der Waals surface area contributed by atoms with Crippen molar-refractivity contribution in [1.82, 2.24) is 0 Å². The first-order valence-electron chi connectivity index (χ1n) is 6.21. The van der Waals surface area contributed by atoms with E-state index < -0.39 is 29.6 Å². The van der Waals surface area contributed by atoms with Crippen LogP contribution in [-0.4, -0.2) is 29.9 Å². The summed E-state index contributed by atoms with van der Waals surface area (Å²) in [5, 5.41) is 9.22. The molecule has 0 aromatic heterocycles. The molecule has 2 aliphatic rings. The molecule has 0 aromatic rings. The minimum absolute atomic E-state index is 0.0761. The van der Waals surface area contributed by atoms with Crippen molar-refractivity contribution in [2.24, 2.45) is 23.7 Å². The molecule has 1 saturated carbocycles. The van der Waals surface area contributed by atoms with Crippen molar-refractivity contribution in [2.45, 2.75) is 26.1 Å². The van der Waals surface area contributed by atoms with Gasteiger partial charge in [0.15, 0.2) is 0 Å². The zero-order valence-electron chi connectivity index (χ0n) is 11.2. The number of fused-ring (bicyclic) bond motifs is 2. The molecule has 0 radical (unpaired) electrons. The van der Waals surface area contributed by atoms with Crippen molar-refractivity contribution >= 4 is 11.9 Å². The van der Waals surface area contributed by atoms with Crippen LogP contribution < -0.4 is 0 Å². The maximum atomic E-state index is 12.0. The smallest absolute Gasteiger partial charge is 0.347 e. The highest BCUT2D eigenvalue weighted by molar-refractivity contribution is 5.83. The quantitative estimate of drug-likeness (QED) is 0.351. The molecule has 0 aromatic carbocycles. The molecule has 0 saturated heterocycles. The molecular weight excluding hydrogens is 252 g/mol. The van der Waals surface area contributed by atoms with E-state index in [2.05, 4.69) is 0 Å². The van der Waals surface area contributed by atoms with E-state index in [4.69, 9.17) is 14.5 Å². The van der Waals surface area contributed by atoms with E-state index in [0.717, 1.165) is 0 Å². The van der Waals surface area contributed by atoms with Gasteiger partial charge in [-0.1, -0.05) is 12.2 Å². The summed E-state index contributed by atoms with van der Waals surface area (Å²) < 4.78 is 4.96. The Bertz CT molecular complexity index is 413. The van der Waals surface area contributed by atoms with Crippen molar-refractivity contribution in [2.75, 3.05) is 7.11 Å². The fraction of sp³-hybridized carbons (Fsp3) is 0.692. The van der Waals surface area contributed by atoms with Gasteiger partial charge in [-0.15, -0.1) is 0 Å². The van der Waals surface area contributed by atoms with E-state index in [0.29, 0.717) is 6.42 Å². The molecule has 6 nitrogen and oxygen atoms in total. The fourth-order valence-corrected chi connectivity index (χ4v) is 2.71. The Balaban J connectivity index is 2.02. The van der Waals surface area contributed by atoms with E-state index in [1.807, 2.05) is 12.2 Å². The Morgan fingerprint density at radius 1 is 1.21 bits per heavy atom. The lowest BCUT2D eigenvalue weighted by molar-refractivity contribution is -0.389. The molecule has 6 heteroatoms. The Kier molecular flexibility index (Phi) is 3.64. The highest BCUT2D eigenvalue weighted by Crippen LogP contribution is 2.48. The number of carboxylic acid groups (broad SMARTS) is 1. The van der Waals surface area contributed by atoms with Crippen LogP contribution in [0, 0.1) is 23.7 Å². The lowest BCUT2D eigenvalue weighted by Gasteiger charge is -2.25. The topological polar surface area (TPSA) is 82.1 Å². The predicted octanol–water partition coefficient (Wildman–Crippen LogP) is 1.37. The van der Waals surface area contributed by atoms with Gasteiger partial charge in [-0.05, 0) is 32.1 Å². The summed E-state index contributed by atoms with van der Waals surface area (Å²) in [5.74, 6) is -4.23. The Labute approximate surface area is 111 Å². The molecular formula is C13H18O6. The molecule has 0 amide bonds. The summed E-state index contributed by atoms with van der Waals surface area (Å²) in [4.78, 5) is 32.9. The number of allylic oxidation sites excluding steroid dienone is 2. The average molecular weight is 270 g/mol. The minimum atomic E-state index is -1.05. The van der Waals surface area contributed by atoms with E-state index >= 15 is 0 Å². The Morgan fingerprint density at radius 3 is 2.32 bits per heavy atom. The number of hydrogen-bond acceptors (Lipinski definition) is 5.